The van der Waals surface area contributed by atoms with Crippen molar-refractivity contribution in [1.82, 2.24) is 9.97 Å². The van der Waals surface area contributed by atoms with E-state index in [4.69, 9.17) is 5.73 Å². The topological polar surface area (TPSA) is 55.0 Å². The number of nitrogens with zero attached hydrogens (tertiary/aromatic N) is 3. The van der Waals surface area contributed by atoms with Crippen molar-refractivity contribution in [3.63, 3.8) is 0 Å². The second-order valence-corrected chi connectivity index (χ2v) is 3.94. The molecule has 0 atom stereocenters. The van der Waals surface area contributed by atoms with Crippen molar-refractivity contribution >= 4 is 5.95 Å². The molecule has 4 nitrogen and oxygen atoms in total. The smallest absolute Gasteiger partial charge is 0.225 e. The summed E-state index contributed by atoms with van der Waals surface area (Å²) in [5.41, 5.74) is 7.69. The lowest BCUT2D eigenvalue weighted by molar-refractivity contribution is 0.857. The first kappa shape index (κ1) is 11.5. The van der Waals surface area contributed by atoms with E-state index < -0.39 is 0 Å². The first-order valence-electron chi connectivity index (χ1n) is 5.55. The highest BCUT2D eigenvalue weighted by molar-refractivity contribution is 5.31. The molecule has 0 amide bonds. The average Bonchev–Trinajstić information content (AvgIpc) is 2.40. The van der Waals surface area contributed by atoms with Crippen LogP contribution in [0.3, 0.4) is 0 Å². The van der Waals surface area contributed by atoms with Gasteiger partial charge in [-0.3, -0.25) is 0 Å². The predicted octanol–water partition coefficient (Wildman–Crippen LogP) is 1.57. The van der Waals surface area contributed by atoms with Gasteiger partial charge in [0.2, 0.25) is 5.95 Å². The van der Waals surface area contributed by atoms with Gasteiger partial charge in [0, 0.05) is 38.1 Å². The molecule has 0 aliphatic heterocycles. The molecular weight excluding hydrogens is 212 g/mol. The molecule has 0 aliphatic carbocycles. The molecule has 0 saturated carbocycles. The Morgan fingerprint density at radius 3 is 2.29 bits per heavy atom. The fourth-order valence-electron chi connectivity index (χ4n) is 1.58. The zero-order valence-corrected chi connectivity index (χ0v) is 9.87. The van der Waals surface area contributed by atoms with Gasteiger partial charge in [-0.25, -0.2) is 9.97 Å². The monoisotopic (exact) mass is 228 g/mol. The van der Waals surface area contributed by atoms with Crippen molar-refractivity contribution in [2.24, 2.45) is 5.73 Å². The molecule has 0 fully saturated rings. The Bertz CT molecular complexity index is 453. The summed E-state index contributed by atoms with van der Waals surface area (Å²) in [6.07, 6.45) is 3.54. The summed E-state index contributed by atoms with van der Waals surface area (Å²) in [6, 6.07) is 10.2. The highest BCUT2D eigenvalue weighted by atomic mass is 15.2. The normalized spacial score (nSPS) is 10.2. The molecule has 2 rings (SSSR count). The Kier molecular flexibility index (Phi) is 3.67. The molecule has 0 unspecified atom stereocenters. The van der Waals surface area contributed by atoms with E-state index in [0.717, 1.165) is 12.1 Å². The van der Waals surface area contributed by atoms with E-state index in [1.165, 1.54) is 5.56 Å². The van der Waals surface area contributed by atoms with E-state index in [-0.39, 0.29) is 0 Å². The predicted molar refractivity (Wildman–Crippen MR) is 68.5 cm³/mol. The third-order valence-electron chi connectivity index (χ3n) is 2.53. The van der Waals surface area contributed by atoms with Crippen LogP contribution in [0.1, 0.15) is 11.1 Å². The van der Waals surface area contributed by atoms with Crippen LogP contribution in [0.4, 0.5) is 5.95 Å². The molecule has 88 valence electrons. The SMILES string of the molecule is CN(Cc1ccccc1)c1ncc(CN)cn1. The molecule has 0 saturated heterocycles. The van der Waals surface area contributed by atoms with Crippen LogP contribution in [-0.4, -0.2) is 17.0 Å². The third kappa shape index (κ3) is 3.01. The summed E-state index contributed by atoms with van der Waals surface area (Å²) in [5, 5.41) is 0. The molecule has 1 aromatic heterocycles. The number of aromatic nitrogens is 2. The standard InChI is InChI=1S/C13H16N4/c1-17(10-11-5-3-2-4-6-11)13-15-8-12(7-14)9-16-13/h2-6,8-9H,7,10,14H2,1H3. The van der Waals surface area contributed by atoms with E-state index in [1.807, 2.05) is 30.1 Å². The molecule has 0 spiro atoms. The van der Waals surface area contributed by atoms with E-state index in [9.17, 15) is 0 Å². The summed E-state index contributed by atoms with van der Waals surface area (Å²) in [4.78, 5) is 10.6. The van der Waals surface area contributed by atoms with Crippen molar-refractivity contribution in [2.45, 2.75) is 13.1 Å². The molecule has 2 aromatic rings. The minimum absolute atomic E-state index is 0.475. The van der Waals surface area contributed by atoms with Gasteiger partial charge in [0.05, 0.1) is 0 Å². The van der Waals surface area contributed by atoms with Gasteiger partial charge in [-0.2, -0.15) is 0 Å². The Morgan fingerprint density at radius 2 is 1.71 bits per heavy atom. The molecule has 4 heteroatoms. The average molecular weight is 228 g/mol. The van der Waals surface area contributed by atoms with Gasteiger partial charge in [-0.15, -0.1) is 0 Å². The fourth-order valence-corrected chi connectivity index (χ4v) is 1.58. The molecule has 0 aliphatic rings. The van der Waals surface area contributed by atoms with Crippen LogP contribution in [0.5, 0.6) is 0 Å². The van der Waals surface area contributed by atoms with E-state index in [0.29, 0.717) is 12.5 Å². The van der Waals surface area contributed by atoms with Crippen LogP contribution < -0.4 is 10.6 Å². The summed E-state index contributed by atoms with van der Waals surface area (Å²) in [6.45, 7) is 1.27. The zero-order chi connectivity index (χ0) is 12.1. The van der Waals surface area contributed by atoms with Crippen molar-refractivity contribution in [3.05, 3.63) is 53.9 Å². The lowest BCUT2D eigenvalue weighted by Crippen LogP contribution is -2.19. The van der Waals surface area contributed by atoms with Gasteiger partial charge in [-0.1, -0.05) is 30.3 Å². The van der Waals surface area contributed by atoms with Gasteiger partial charge in [0.1, 0.15) is 0 Å². The summed E-state index contributed by atoms with van der Waals surface area (Å²) in [7, 11) is 1.98. The van der Waals surface area contributed by atoms with Crippen LogP contribution >= 0.6 is 0 Å². The third-order valence-corrected chi connectivity index (χ3v) is 2.53. The highest BCUT2D eigenvalue weighted by Crippen LogP contribution is 2.09. The number of benzene rings is 1. The lowest BCUT2D eigenvalue weighted by atomic mass is 10.2. The molecular formula is C13H16N4. The maximum absolute atomic E-state index is 5.51. The highest BCUT2D eigenvalue weighted by Gasteiger charge is 2.04. The largest absolute Gasteiger partial charge is 0.340 e. The lowest BCUT2D eigenvalue weighted by Gasteiger charge is -2.16. The summed E-state index contributed by atoms with van der Waals surface area (Å²) >= 11 is 0. The Morgan fingerprint density at radius 1 is 1.06 bits per heavy atom. The molecule has 2 N–H and O–H groups in total. The first-order chi connectivity index (χ1) is 8.29. The Balaban J connectivity index is 2.06. The summed E-state index contributed by atoms with van der Waals surface area (Å²) in [5.74, 6) is 0.714. The van der Waals surface area contributed by atoms with Crippen molar-refractivity contribution in [3.8, 4) is 0 Å². The van der Waals surface area contributed by atoms with Crippen LogP contribution in [0.2, 0.25) is 0 Å². The van der Waals surface area contributed by atoms with Gasteiger partial charge in [0.15, 0.2) is 0 Å². The maximum Gasteiger partial charge on any atom is 0.225 e. The minimum Gasteiger partial charge on any atom is -0.340 e. The number of rotatable bonds is 4. The Hall–Kier alpha value is -1.94. The van der Waals surface area contributed by atoms with Gasteiger partial charge < -0.3 is 10.6 Å². The summed E-state index contributed by atoms with van der Waals surface area (Å²) < 4.78 is 0. The van der Waals surface area contributed by atoms with Crippen LogP contribution in [0.15, 0.2) is 42.7 Å². The number of hydrogen-bond donors (Lipinski definition) is 1. The molecule has 0 radical (unpaired) electrons. The van der Waals surface area contributed by atoms with Crippen molar-refractivity contribution in [1.29, 1.82) is 0 Å². The van der Waals surface area contributed by atoms with Crippen LogP contribution in [-0.2, 0) is 13.1 Å². The van der Waals surface area contributed by atoms with Crippen molar-refractivity contribution < 1.29 is 0 Å². The van der Waals surface area contributed by atoms with Crippen molar-refractivity contribution in [2.75, 3.05) is 11.9 Å². The first-order valence-corrected chi connectivity index (χ1v) is 5.55. The van der Waals surface area contributed by atoms with Gasteiger partial charge in [0.25, 0.3) is 0 Å². The van der Waals surface area contributed by atoms with E-state index in [2.05, 4.69) is 22.1 Å². The molecule has 17 heavy (non-hydrogen) atoms. The van der Waals surface area contributed by atoms with Crippen LogP contribution in [0.25, 0.3) is 0 Å². The quantitative estimate of drug-likeness (QED) is 0.863. The van der Waals surface area contributed by atoms with E-state index >= 15 is 0 Å². The number of hydrogen-bond acceptors (Lipinski definition) is 4. The second-order valence-electron chi connectivity index (χ2n) is 3.94. The van der Waals surface area contributed by atoms with Gasteiger partial charge in [-0.05, 0) is 5.56 Å². The van der Waals surface area contributed by atoms with Crippen LogP contribution in [0, 0.1) is 0 Å². The molecule has 0 bridgehead atoms. The second kappa shape index (κ2) is 5.41. The Labute approximate surface area is 101 Å². The maximum atomic E-state index is 5.51. The zero-order valence-electron chi connectivity index (χ0n) is 9.87. The minimum atomic E-state index is 0.475. The van der Waals surface area contributed by atoms with Gasteiger partial charge >= 0.3 is 0 Å². The number of anilines is 1. The molecule has 1 heterocycles. The fraction of sp³-hybridized carbons (Fsp3) is 0.231. The van der Waals surface area contributed by atoms with E-state index in [1.54, 1.807) is 12.4 Å². The number of nitrogens with two attached hydrogens (primary N) is 1. The molecule has 1 aromatic carbocycles.